The van der Waals surface area contributed by atoms with Crippen LogP contribution in [0.25, 0.3) is 0 Å². The Morgan fingerprint density at radius 1 is 1.38 bits per heavy atom. The third-order valence-electron chi connectivity index (χ3n) is 1.86. The molecule has 2 rings (SSSR count). The van der Waals surface area contributed by atoms with Gasteiger partial charge in [-0.3, -0.25) is 4.79 Å². The summed E-state index contributed by atoms with van der Waals surface area (Å²) in [6.45, 7) is 0.250. The second-order valence-corrected chi connectivity index (χ2v) is 2.81. The summed E-state index contributed by atoms with van der Waals surface area (Å²) in [5.41, 5.74) is 0.913. The number of fused-ring (bicyclic) bond motifs is 1. The first-order valence-corrected chi connectivity index (χ1v) is 3.92. The fourth-order valence-electron chi connectivity index (χ4n) is 1.26. The maximum absolute atomic E-state index is 13.2. The Balaban J connectivity index is 2.46. The number of para-hydroxylation sites is 1. The molecule has 68 valence electrons. The summed E-state index contributed by atoms with van der Waals surface area (Å²) in [6, 6.07) is 4.63. The molecule has 0 radical (unpaired) electrons. The number of benzene rings is 1. The molecule has 0 saturated heterocycles. The summed E-state index contributed by atoms with van der Waals surface area (Å²) >= 11 is 0. The van der Waals surface area contributed by atoms with Crippen LogP contribution in [0.15, 0.2) is 18.2 Å². The molecule has 1 aromatic carbocycles. The van der Waals surface area contributed by atoms with Crippen LogP contribution in [0.4, 0.5) is 10.1 Å². The Morgan fingerprint density at radius 3 is 3.08 bits per heavy atom. The zero-order valence-electron chi connectivity index (χ0n) is 6.84. The third-order valence-corrected chi connectivity index (χ3v) is 1.86. The van der Waals surface area contributed by atoms with Crippen LogP contribution in [0.1, 0.15) is 5.56 Å². The summed E-state index contributed by atoms with van der Waals surface area (Å²) in [6.07, 6.45) is 0. The van der Waals surface area contributed by atoms with Crippen molar-refractivity contribution >= 4 is 11.6 Å². The molecule has 1 amide bonds. The van der Waals surface area contributed by atoms with E-state index in [0.717, 1.165) is 0 Å². The quantitative estimate of drug-likeness (QED) is 0.655. The number of nitrogens with one attached hydrogen (secondary N) is 1. The topological polar surface area (TPSA) is 38.3 Å². The minimum Gasteiger partial charge on any atom is -0.367 e. The van der Waals surface area contributed by atoms with E-state index in [0.29, 0.717) is 5.56 Å². The van der Waals surface area contributed by atoms with Crippen molar-refractivity contribution in [2.24, 2.45) is 0 Å². The first-order chi connectivity index (χ1) is 6.27. The highest BCUT2D eigenvalue weighted by Crippen LogP contribution is 2.22. The van der Waals surface area contributed by atoms with E-state index in [2.05, 4.69) is 5.32 Å². The van der Waals surface area contributed by atoms with E-state index < -0.39 is 5.82 Å². The van der Waals surface area contributed by atoms with E-state index in [1.165, 1.54) is 6.07 Å². The Labute approximate surface area is 74.5 Å². The second-order valence-electron chi connectivity index (χ2n) is 2.81. The molecule has 0 bridgehead atoms. The van der Waals surface area contributed by atoms with E-state index in [9.17, 15) is 9.18 Å². The average molecular weight is 181 g/mol. The molecule has 1 aromatic rings. The second kappa shape index (κ2) is 3.14. The lowest BCUT2D eigenvalue weighted by Crippen LogP contribution is -2.15. The van der Waals surface area contributed by atoms with Gasteiger partial charge in [0.1, 0.15) is 12.4 Å². The molecule has 1 aliphatic rings. The SMILES string of the molecule is O=C1COCc2cccc(F)c2N1. The number of carbonyl (C=O) groups is 1. The molecule has 0 aliphatic carbocycles. The van der Waals surface area contributed by atoms with Gasteiger partial charge in [0.2, 0.25) is 5.91 Å². The molecule has 4 heteroatoms. The Morgan fingerprint density at radius 2 is 2.23 bits per heavy atom. The summed E-state index contributed by atoms with van der Waals surface area (Å²) in [4.78, 5) is 11.0. The minimum absolute atomic E-state index is 0.0197. The highest BCUT2D eigenvalue weighted by atomic mass is 19.1. The highest BCUT2D eigenvalue weighted by molar-refractivity contribution is 5.93. The molecule has 0 atom stereocenters. The zero-order chi connectivity index (χ0) is 9.26. The summed E-state index contributed by atoms with van der Waals surface area (Å²) < 4.78 is 18.2. The van der Waals surface area contributed by atoms with Gasteiger partial charge in [0.15, 0.2) is 0 Å². The predicted molar refractivity (Wildman–Crippen MR) is 44.7 cm³/mol. The smallest absolute Gasteiger partial charge is 0.250 e. The number of carbonyl (C=O) groups excluding carboxylic acids is 1. The fraction of sp³-hybridized carbons (Fsp3) is 0.222. The molecule has 13 heavy (non-hydrogen) atoms. The number of ether oxygens (including phenoxy) is 1. The van der Waals surface area contributed by atoms with Crippen molar-refractivity contribution in [3.05, 3.63) is 29.6 Å². The first kappa shape index (κ1) is 8.19. The molecular weight excluding hydrogens is 173 g/mol. The van der Waals surface area contributed by atoms with Crippen molar-refractivity contribution < 1.29 is 13.9 Å². The van der Waals surface area contributed by atoms with Gasteiger partial charge in [-0.1, -0.05) is 12.1 Å². The monoisotopic (exact) mass is 181 g/mol. The number of amides is 1. The van der Waals surface area contributed by atoms with Gasteiger partial charge in [0, 0.05) is 5.56 Å². The molecule has 0 aromatic heterocycles. The molecule has 0 spiro atoms. The van der Waals surface area contributed by atoms with Crippen molar-refractivity contribution in [2.45, 2.75) is 6.61 Å². The first-order valence-electron chi connectivity index (χ1n) is 3.92. The van der Waals surface area contributed by atoms with Crippen LogP contribution in [0.2, 0.25) is 0 Å². The van der Waals surface area contributed by atoms with Gasteiger partial charge >= 0.3 is 0 Å². The van der Waals surface area contributed by atoms with Crippen LogP contribution < -0.4 is 5.32 Å². The zero-order valence-corrected chi connectivity index (χ0v) is 6.84. The van der Waals surface area contributed by atoms with Gasteiger partial charge in [-0.25, -0.2) is 4.39 Å². The van der Waals surface area contributed by atoms with Crippen LogP contribution in [0, 0.1) is 5.82 Å². The maximum Gasteiger partial charge on any atom is 0.250 e. The van der Waals surface area contributed by atoms with Crippen LogP contribution in [0.5, 0.6) is 0 Å². The largest absolute Gasteiger partial charge is 0.367 e. The highest BCUT2D eigenvalue weighted by Gasteiger charge is 2.15. The minimum atomic E-state index is -0.420. The molecule has 1 heterocycles. The number of hydrogen-bond acceptors (Lipinski definition) is 2. The number of hydrogen-bond donors (Lipinski definition) is 1. The van der Waals surface area contributed by atoms with E-state index in [1.54, 1.807) is 12.1 Å². The van der Waals surface area contributed by atoms with Gasteiger partial charge in [0.05, 0.1) is 12.3 Å². The number of anilines is 1. The van der Waals surface area contributed by atoms with E-state index in [-0.39, 0.29) is 24.8 Å². The normalized spacial score (nSPS) is 15.9. The Kier molecular flexibility index (Phi) is 1.98. The summed E-state index contributed by atoms with van der Waals surface area (Å²) in [5.74, 6) is -0.736. The van der Waals surface area contributed by atoms with Crippen LogP contribution >= 0.6 is 0 Å². The van der Waals surface area contributed by atoms with Crippen molar-refractivity contribution in [1.29, 1.82) is 0 Å². The molecular formula is C9H8FNO2. The van der Waals surface area contributed by atoms with E-state index in [1.807, 2.05) is 0 Å². The van der Waals surface area contributed by atoms with Crippen molar-refractivity contribution in [2.75, 3.05) is 11.9 Å². The summed E-state index contributed by atoms with van der Waals surface area (Å²) in [5, 5.41) is 2.45. The lowest BCUT2D eigenvalue weighted by Gasteiger charge is -2.05. The van der Waals surface area contributed by atoms with Gasteiger partial charge in [0.25, 0.3) is 0 Å². The maximum atomic E-state index is 13.2. The Bertz CT molecular complexity index is 351. The van der Waals surface area contributed by atoms with Gasteiger partial charge in [-0.05, 0) is 6.07 Å². The molecule has 1 N–H and O–H groups in total. The number of halogens is 1. The predicted octanol–water partition coefficient (Wildman–Crippen LogP) is 1.29. The third kappa shape index (κ3) is 1.53. The van der Waals surface area contributed by atoms with E-state index >= 15 is 0 Å². The number of rotatable bonds is 0. The Hall–Kier alpha value is -1.42. The van der Waals surface area contributed by atoms with Gasteiger partial charge in [-0.15, -0.1) is 0 Å². The lowest BCUT2D eigenvalue weighted by atomic mass is 10.2. The van der Waals surface area contributed by atoms with Crippen LogP contribution in [-0.4, -0.2) is 12.5 Å². The average Bonchev–Trinajstić information content (AvgIpc) is 2.28. The van der Waals surface area contributed by atoms with Crippen molar-refractivity contribution in [3.8, 4) is 0 Å². The van der Waals surface area contributed by atoms with E-state index in [4.69, 9.17) is 4.74 Å². The molecule has 0 fully saturated rings. The summed E-state index contributed by atoms with van der Waals surface area (Å²) in [7, 11) is 0. The van der Waals surface area contributed by atoms with Gasteiger partial charge in [-0.2, -0.15) is 0 Å². The fourth-order valence-corrected chi connectivity index (χ4v) is 1.26. The van der Waals surface area contributed by atoms with Gasteiger partial charge < -0.3 is 10.1 Å². The standard InChI is InChI=1S/C9H8FNO2/c10-7-3-1-2-6-4-13-5-8(12)11-9(6)7/h1-3H,4-5H2,(H,11,12). The van der Waals surface area contributed by atoms with Crippen molar-refractivity contribution in [3.63, 3.8) is 0 Å². The molecule has 3 nitrogen and oxygen atoms in total. The van der Waals surface area contributed by atoms with Crippen molar-refractivity contribution in [1.82, 2.24) is 0 Å². The lowest BCUT2D eigenvalue weighted by molar-refractivity contribution is -0.120. The van der Waals surface area contributed by atoms with Crippen LogP contribution in [-0.2, 0) is 16.1 Å². The van der Waals surface area contributed by atoms with Crippen LogP contribution in [0.3, 0.4) is 0 Å². The molecule has 0 unspecified atom stereocenters. The molecule has 0 saturated carbocycles. The molecule has 1 aliphatic heterocycles.